The molecule has 0 saturated carbocycles. The number of rotatable bonds is 0. The first-order chi connectivity index (χ1) is 8.33. The van der Waals surface area contributed by atoms with Crippen LogP contribution in [0.3, 0.4) is 0 Å². The zero-order chi connectivity index (χ0) is 17.0. The van der Waals surface area contributed by atoms with Crippen LogP contribution in [-0.2, 0) is 9.53 Å². The summed E-state index contributed by atoms with van der Waals surface area (Å²) in [6, 6.07) is 0. The number of hydrogen-bond acceptors (Lipinski definition) is 2. The average molecular weight is 287 g/mol. The molecule has 0 aliphatic heterocycles. The Morgan fingerprint density at radius 1 is 0.700 bits per heavy atom. The van der Waals surface area contributed by atoms with Crippen molar-refractivity contribution in [2.75, 3.05) is 0 Å². The van der Waals surface area contributed by atoms with Gasteiger partial charge in [0.25, 0.3) is 0 Å². The Kier molecular flexibility index (Phi) is 7.52. The predicted octanol–water partition coefficient (Wildman–Crippen LogP) is 4.55. The van der Waals surface area contributed by atoms with Gasteiger partial charge in [-0.1, -0.05) is 20.8 Å². The molecule has 0 saturated heterocycles. The van der Waals surface area contributed by atoms with Crippen molar-refractivity contribution < 1.29 is 9.53 Å². The van der Waals surface area contributed by atoms with Crippen LogP contribution in [-0.4, -0.2) is 22.6 Å². The van der Waals surface area contributed by atoms with Crippen molar-refractivity contribution in [1.82, 2.24) is 5.32 Å². The van der Waals surface area contributed by atoms with Crippen LogP contribution in [0.1, 0.15) is 83.1 Å². The number of ether oxygens (including phenoxy) is 1. The Morgan fingerprint density at radius 2 is 1.00 bits per heavy atom. The van der Waals surface area contributed by atoms with E-state index in [0.29, 0.717) is 0 Å². The van der Waals surface area contributed by atoms with Crippen LogP contribution >= 0.6 is 0 Å². The Labute approximate surface area is 126 Å². The number of carbonyl (C=O) groups excluding carboxylic acids is 1. The van der Waals surface area contributed by atoms with Gasteiger partial charge in [0.15, 0.2) is 0 Å². The lowest BCUT2D eigenvalue weighted by Gasteiger charge is -2.30. The maximum absolute atomic E-state index is 11.4. The van der Waals surface area contributed by atoms with Gasteiger partial charge in [-0.15, -0.1) is 0 Å². The molecule has 3 heteroatoms. The molecule has 0 aliphatic carbocycles. The minimum absolute atomic E-state index is 0.0156. The summed E-state index contributed by atoms with van der Waals surface area (Å²) in [5, 5.41) is 2.92. The number of hydrogen-bond donors (Lipinski definition) is 1. The maximum atomic E-state index is 11.4. The highest BCUT2D eigenvalue weighted by atomic mass is 16.5. The van der Waals surface area contributed by atoms with Gasteiger partial charge < -0.3 is 10.1 Å². The Balaban J connectivity index is 0. The van der Waals surface area contributed by atoms with E-state index in [9.17, 15) is 4.79 Å². The highest BCUT2D eigenvalue weighted by molar-refractivity contribution is 5.81. The molecule has 0 heterocycles. The van der Waals surface area contributed by atoms with Gasteiger partial charge in [0.1, 0.15) is 0 Å². The lowest BCUT2D eigenvalue weighted by molar-refractivity contribution is -0.130. The summed E-state index contributed by atoms with van der Waals surface area (Å²) in [7, 11) is 0. The van der Waals surface area contributed by atoms with Gasteiger partial charge in [-0.3, -0.25) is 4.79 Å². The summed E-state index contributed by atoms with van der Waals surface area (Å²) in [6.45, 7) is 24.1. The standard InChI is InChI=1S/C9H19NO.C8H18O/c1-8(2,3)7(11)10-9(4,5)6;1-7(2,3)9-8(4,5)6/h1-6H3,(H,10,11);1-6H3. The molecule has 1 N–H and O–H groups in total. The van der Waals surface area contributed by atoms with Crippen molar-refractivity contribution in [2.45, 2.75) is 99.8 Å². The first kappa shape index (κ1) is 21.7. The minimum Gasteiger partial charge on any atom is -0.370 e. The molecule has 0 aliphatic rings. The molecule has 20 heavy (non-hydrogen) atoms. The summed E-state index contributed by atoms with van der Waals surface area (Å²) in [5.74, 6) is 0.102. The predicted molar refractivity (Wildman–Crippen MR) is 87.9 cm³/mol. The van der Waals surface area contributed by atoms with Crippen LogP contribution in [0.5, 0.6) is 0 Å². The third-order valence-corrected chi connectivity index (χ3v) is 1.78. The lowest BCUT2D eigenvalue weighted by Crippen LogP contribution is -2.46. The fourth-order valence-electron chi connectivity index (χ4n) is 1.45. The van der Waals surface area contributed by atoms with E-state index >= 15 is 0 Å². The molecule has 0 aromatic heterocycles. The van der Waals surface area contributed by atoms with Gasteiger partial charge in [-0.2, -0.15) is 0 Å². The molecule has 0 aromatic carbocycles. The van der Waals surface area contributed by atoms with Crippen molar-refractivity contribution in [1.29, 1.82) is 0 Å². The van der Waals surface area contributed by atoms with Crippen molar-refractivity contribution >= 4 is 5.91 Å². The zero-order valence-electron chi connectivity index (χ0n) is 15.8. The van der Waals surface area contributed by atoms with E-state index in [2.05, 4.69) is 46.9 Å². The second kappa shape index (κ2) is 6.93. The molecule has 122 valence electrons. The molecule has 0 spiro atoms. The van der Waals surface area contributed by atoms with Gasteiger partial charge in [0.05, 0.1) is 11.2 Å². The van der Waals surface area contributed by atoms with E-state index in [1.54, 1.807) is 0 Å². The topological polar surface area (TPSA) is 38.3 Å². The summed E-state index contributed by atoms with van der Waals surface area (Å²) >= 11 is 0. The molecule has 0 fully saturated rings. The van der Waals surface area contributed by atoms with Gasteiger partial charge in [-0.05, 0) is 62.3 Å². The fraction of sp³-hybridized carbons (Fsp3) is 0.941. The second-order valence-electron chi connectivity index (χ2n) is 9.28. The number of nitrogens with one attached hydrogen (secondary N) is 1. The van der Waals surface area contributed by atoms with Crippen molar-refractivity contribution in [3.63, 3.8) is 0 Å². The molecule has 0 rings (SSSR count). The van der Waals surface area contributed by atoms with Crippen molar-refractivity contribution in [3.05, 3.63) is 0 Å². The fourth-order valence-corrected chi connectivity index (χ4v) is 1.45. The van der Waals surface area contributed by atoms with Crippen LogP contribution < -0.4 is 5.32 Å². The van der Waals surface area contributed by atoms with E-state index in [1.807, 2.05) is 41.5 Å². The maximum Gasteiger partial charge on any atom is 0.225 e. The van der Waals surface area contributed by atoms with Crippen molar-refractivity contribution in [2.24, 2.45) is 5.41 Å². The third kappa shape index (κ3) is 17.4. The van der Waals surface area contributed by atoms with Crippen molar-refractivity contribution in [3.8, 4) is 0 Å². The summed E-state index contributed by atoms with van der Waals surface area (Å²) in [6.07, 6.45) is 0. The van der Waals surface area contributed by atoms with Gasteiger partial charge in [-0.25, -0.2) is 0 Å². The normalized spacial score (nSPS) is 13.4. The first-order valence-corrected chi connectivity index (χ1v) is 7.36. The Bertz CT molecular complexity index is 281. The van der Waals surface area contributed by atoms with Crippen LogP contribution in [0.4, 0.5) is 0 Å². The Hall–Kier alpha value is -0.570. The van der Waals surface area contributed by atoms with E-state index in [-0.39, 0.29) is 28.1 Å². The Morgan fingerprint density at radius 3 is 1.05 bits per heavy atom. The number of carbonyl (C=O) groups is 1. The van der Waals surface area contributed by atoms with Crippen LogP contribution in [0.2, 0.25) is 0 Å². The molecule has 0 radical (unpaired) electrons. The molecule has 1 amide bonds. The van der Waals surface area contributed by atoms with E-state index in [4.69, 9.17) is 4.74 Å². The highest BCUT2D eigenvalue weighted by Crippen LogP contribution is 2.18. The lowest BCUT2D eigenvalue weighted by atomic mass is 9.94. The quantitative estimate of drug-likeness (QED) is 0.710. The summed E-state index contributed by atoms with van der Waals surface area (Å²) in [4.78, 5) is 11.4. The molecular formula is C17H37NO2. The van der Waals surface area contributed by atoms with E-state index in [1.165, 1.54) is 0 Å². The average Bonchev–Trinajstić information content (AvgIpc) is 1.90. The largest absolute Gasteiger partial charge is 0.370 e. The smallest absolute Gasteiger partial charge is 0.225 e. The summed E-state index contributed by atoms with van der Waals surface area (Å²) < 4.78 is 5.62. The molecule has 0 aromatic rings. The van der Waals surface area contributed by atoms with Crippen LogP contribution in [0, 0.1) is 5.41 Å². The van der Waals surface area contributed by atoms with E-state index < -0.39 is 0 Å². The SMILES string of the molecule is CC(C)(C)NC(=O)C(C)(C)C.CC(C)(C)OC(C)(C)C. The van der Waals surface area contributed by atoms with Gasteiger partial charge in [0, 0.05) is 11.0 Å². The van der Waals surface area contributed by atoms with Crippen LogP contribution in [0.25, 0.3) is 0 Å². The molecule has 0 atom stereocenters. The molecule has 3 nitrogen and oxygen atoms in total. The monoisotopic (exact) mass is 287 g/mol. The zero-order valence-corrected chi connectivity index (χ0v) is 15.8. The first-order valence-electron chi connectivity index (χ1n) is 7.36. The molecular weight excluding hydrogens is 250 g/mol. The third-order valence-electron chi connectivity index (χ3n) is 1.78. The second-order valence-corrected chi connectivity index (χ2v) is 9.28. The summed E-state index contributed by atoms with van der Waals surface area (Å²) in [5.41, 5.74) is -0.436. The minimum atomic E-state index is -0.284. The van der Waals surface area contributed by atoms with E-state index in [0.717, 1.165) is 0 Å². The van der Waals surface area contributed by atoms with Gasteiger partial charge in [0.2, 0.25) is 5.91 Å². The molecule has 0 unspecified atom stereocenters. The number of amides is 1. The van der Waals surface area contributed by atoms with Gasteiger partial charge >= 0.3 is 0 Å². The van der Waals surface area contributed by atoms with Crippen LogP contribution in [0.15, 0.2) is 0 Å². The molecule has 0 bridgehead atoms. The highest BCUT2D eigenvalue weighted by Gasteiger charge is 2.24.